The third-order valence-corrected chi connectivity index (χ3v) is 7.80. The van der Waals surface area contributed by atoms with E-state index in [1.54, 1.807) is 66.1 Å². The molecule has 4 heterocycles. The molecule has 2 aromatic rings. The molecular formula is C30H30N4O6. The lowest BCUT2D eigenvalue weighted by atomic mass is 9.92. The molecule has 0 saturated carbocycles. The quantitative estimate of drug-likeness (QED) is 0.382. The second-order valence-electron chi connectivity index (χ2n) is 10.9. The molecule has 0 fully saturated rings. The average molecular weight is 543 g/mol. The van der Waals surface area contributed by atoms with E-state index in [4.69, 9.17) is 9.47 Å². The van der Waals surface area contributed by atoms with Crippen LogP contribution in [0.25, 0.3) is 11.1 Å². The first-order valence-corrected chi connectivity index (χ1v) is 12.9. The van der Waals surface area contributed by atoms with Gasteiger partial charge in [-0.05, 0) is 77.7 Å². The van der Waals surface area contributed by atoms with E-state index >= 15 is 0 Å². The van der Waals surface area contributed by atoms with Gasteiger partial charge in [-0.2, -0.15) is 10.5 Å². The van der Waals surface area contributed by atoms with Gasteiger partial charge < -0.3 is 18.6 Å². The Morgan fingerprint density at radius 3 is 1.32 bits per heavy atom. The lowest BCUT2D eigenvalue weighted by Crippen LogP contribution is -2.25. The molecule has 0 saturated heterocycles. The SMILES string of the molecule is CC1=C(c2ccn(CCCCn3ccc(C4=C(C)C(C)(C)OC4=O)c(C#N)c3=O)c(=O)c2C#N)C(=O)OC1(C)C. The third-order valence-electron chi connectivity index (χ3n) is 7.80. The predicted octanol–water partition coefficient (Wildman–Crippen LogP) is 3.45. The average Bonchev–Trinajstić information content (AvgIpc) is 3.21. The van der Waals surface area contributed by atoms with Crippen LogP contribution < -0.4 is 11.1 Å². The van der Waals surface area contributed by atoms with Gasteiger partial charge >= 0.3 is 11.9 Å². The summed E-state index contributed by atoms with van der Waals surface area (Å²) in [4.78, 5) is 51.0. The second-order valence-corrected chi connectivity index (χ2v) is 10.9. The summed E-state index contributed by atoms with van der Waals surface area (Å²) in [7, 11) is 0. The van der Waals surface area contributed by atoms with Crippen LogP contribution in [0.15, 0.2) is 45.3 Å². The molecule has 206 valence electrons. The zero-order chi connectivity index (χ0) is 29.6. The molecule has 0 aliphatic carbocycles. The van der Waals surface area contributed by atoms with Crippen LogP contribution in [-0.2, 0) is 32.2 Å². The molecule has 0 unspecified atom stereocenters. The number of carbonyl (C=O) groups is 2. The van der Waals surface area contributed by atoms with Gasteiger partial charge in [0.25, 0.3) is 11.1 Å². The third kappa shape index (κ3) is 4.66. The second kappa shape index (κ2) is 10.1. The van der Waals surface area contributed by atoms with E-state index in [-0.39, 0.29) is 46.5 Å². The van der Waals surface area contributed by atoms with Gasteiger partial charge in [0.15, 0.2) is 0 Å². The minimum Gasteiger partial charge on any atom is -0.451 e. The molecule has 2 aromatic heterocycles. The Morgan fingerprint density at radius 2 is 1.05 bits per heavy atom. The minimum atomic E-state index is -0.817. The van der Waals surface area contributed by atoms with Gasteiger partial charge in [-0.1, -0.05) is 0 Å². The van der Waals surface area contributed by atoms with Crippen molar-refractivity contribution in [2.24, 2.45) is 0 Å². The van der Waals surface area contributed by atoms with Crippen LogP contribution in [0.2, 0.25) is 0 Å². The number of ether oxygens (including phenoxy) is 2. The van der Waals surface area contributed by atoms with Crippen molar-refractivity contribution in [1.82, 2.24) is 9.13 Å². The summed E-state index contributed by atoms with van der Waals surface area (Å²) in [5, 5.41) is 19.4. The molecule has 0 amide bonds. The fourth-order valence-electron chi connectivity index (χ4n) is 4.95. The molecule has 0 atom stereocenters. The van der Waals surface area contributed by atoms with Crippen LogP contribution in [0.3, 0.4) is 0 Å². The van der Waals surface area contributed by atoms with E-state index in [1.165, 1.54) is 9.13 Å². The zero-order valence-electron chi connectivity index (χ0n) is 23.4. The van der Waals surface area contributed by atoms with Gasteiger partial charge in [0.05, 0.1) is 11.1 Å². The van der Waals surface area contributed by atoms with Crippen LogP contribution in [0, 0.1) is 22.7 Å². The van der Waals surface area contributed by atoms with Gasteiger partial charge in [0, 0.05) is 36.6 Å². The summed E-state index contributed by atoms with van der Waals surface area (Å²) in [6.07, 6.45) is 4.10. The van der Waals surface area contributed by atoms with E-state index < -0.39 is 34.3 Å². The first-order chi connectivity index (χ1) is 18.7. The van der Waals surface area contributed by atoms with Crippen LogP contribution in [0.5, 0.6) is 0 Å². The van der Waals surface area contributed by atoms with Crippen LogP contribution in [-0.4, -0.2) is 32.3 Å². The number of unbranched alkanes of at least 4 members (excludes halogenated alkanes) is 1. The molecule has 2 aliphatic rings. The molecule has 4 rings (SSSR count). The predicted molar refractivity (Wildman–Crippen MR) is 146 cm³/mol. The highest BCUT2D eigenvalue weighted by Crippen LogP contribution is 2.38. The largest absolute Gasteiger partial charge is 0.451 e. The van der Waals surface area contributed by atoms with Gasteiger partial charge in [-0.15, -0.1) is 0 Å². The van der Waals surface area contributed by atoms with Crippen molar-refractivity contribution in [2.45, 2.75) is 78.7 Å². The highest BCUT2D eigenvalue weighted by Gasteiger charge is 2.40. The van der Waals surface area contributed by atoms with Gasteiger partial charge in [-0.25, -0.2) is 9.59 Å². The van der Waals surface area contributed by atoms with Gasteiger partial charge in [0.2, 0.25) is 0 Å². The molecule has 40 heavy (non-hydrogen) atoms. The van der Waals surface area contributed by atoms with Crippen LogP contribution in [0.1, 0.15) is 76.6 Å². The number of rotatable bonds is 7. The van der Waals surface area contributed by atoms with E-state index in [0.29, 0.717) is 24.0 Å². The topological polar surface area (TPSA) is 144 Å². The normalized spacial score (nSPS) is 17.5. The van der Waals surface area contributed by atoms with E-state index in [2.05, 4.69) is 0 Å². The Kier molecular flexibility index (Phi) is 7.16. The molecule has 0 spiro atoms. The van der Waals surface area contributed by atoms with E-state index in [0.717, 1.165) is 0 Å². The monoisotopic (exact) mass is 542 g/mol. The van der Waals surface area contributed by atoms with Gasteiger partial charge in [0.1, 0.15) is 34.5 Å². The van der Waals surface area contributed by atoms with Crippen molar-refractivity contribution in [3.05, 3.63) is 78.6 Å². The van der Waals surface area contributed by atoms with Crippen molar-refractivity contribution in [1.29, 1.82) is 10.5 Å². The summed E-state index contributed by atoms with van der Waals surface area (Å²) in [6.45, 7) is 11.1. The lowest BCUT2D eigenvalue weighted by Gasteiger charge is -2.18. The van der Waals surface area contributed by atoms with Crippen LogP contribution >= 0.6 is 0 Å². The van der Waals surface area contributed by atoms with Crippen LogP contribution in [0.4, 0.5) is 0 Å². The van der Waals surface area contributed by atoms with E-state index in [9.17, 15) is 29.7 Å². The van der Waals surface area contributed by atoms with Crippen molar-refractivity contribution in [3.63, 3.8) is 0 Å². The summed E-state index contributed by atoms with van der Waals surface area (Å²) >= 11 is 0. The summed E-state index contributed by atoms with van der Waals surface area (Å²) < 4.78 is 13.6. The number of esters is 2. The fourth-order valence-corrected chi connectivity index (χ4v) is 4.95. The number of nitrogens with zero attached hydrogens (tertiary/aromatic N) is 4. The maximum atomic E-state index is 13.0. The van der Waals surface area contributed by atoms with Crippen molar-refractivity contribution < 1.29 is 19.1 Å². The number of cyclic esters (lactones) is 2. The molecule has 0 radical (unpaired) electrons. The Bertz CT molecular complexity index is 1590. The zero-order valence-corrected chi connectivity index (χ0v) is 23.4. The van der Waals surface area contributed by atoms with Crippen molar-refractivity contribution >= 4 is 23.1 Å². The first kappa shape index (κ1) is 28.3. The first-order valence-electron chi connectivity index (χ1n) is 12.9. The van der Waals surface area contributed by atoms with Gasteiger partial charge in [-0.3, -0.25) is 9.59 Å². The van der Waals surface area contributed by atoms with E-state index in [1.807, 2.05) is 12.1 Å². The molecule has 0 N–H and O–H groups in total. The number of hydrogen-bond donors (Lipinski definition) is 0. The summed E-state index contributed by atoms with van der Waals surface area (Å²) in [5.74, 6) is -1.13. The number of hydrogen-bond acceptors (Lipinski definition) is 8. The number of aryl methyl sites for hydroxylation is 2. The molecule has 2 aliphatic heterocycles. The summed E-state index contributed by atoms with van der Waals surface area (Å²) in [5.41, 5.74) is -0.624. The standard InChI is InChI=1S/C30H30N4O6/c1-17-23(27(37)39-29(17,3)4)19-9-13-33(25(35)21(19)15-31)11-7-8-12-34-14-10-20(22(16-32)26(34)36)24-18(2)30(5,6)40-28(24)38/h9-10,13-14H,7-8,11-12H2,1-6H3. The number of nitriles is 2. The maximum absolute atomic E-state index is 13.0. The highest BCUT2D eigenvalue weighted by atomic mass is 16.6. The minimum absolute atomic E-state index is 0.129. The molecule has 0 bridgehead atoms. The maximum Gasteiger partial charge on any atom is 0.339 e. The lowest BCUT2D eigenvalue weighted by molar-refractivity contribution is -0.143. The van der Waals surface area contributed by atoms with Crippen molar-refractivity contribution in [2.75, 3.05) is 0 Å². The summed E-state index contributed by atoms with van der Waals surface area (Å²) in [6, 6.07) is 7.03. The van der Waals surface area contributed by atoms with Crippen molar-refractivity contribution in [3.8, 4) is 12.1 Å². The Balaban J connectivity index is 1.51. The molecule has 10 nitrogen and oxygen atoms in total. The fraction of sp³-hybridized carbons (Fsp3) is 0.400. The number of carbonyl (C=O) groups excluding carboxylic acids is 2. The highest BCUT2D eigenvalue weighted by molar-refractivity contribution is 6.21. The smallest absolute Gasteiger partial charge is 0.339 e. The molecule has 0 aromatic carbocycles. The Morgan fingerprint density at radius 1 is 0.700 bits per heavy atom. The Hall–Kier alpha value is -4.70. The molecular weight excluding hydrogens is 512 g/mol. The molecule has 10 heteroatoms. The number of pyridine rings is 2. The number of aromatic nitrogens is 2. The Labute approximate surface area is 231 Å².